The van der Waals surface area contributed by atoms with E-state index in [1.807, 2.05) is 0 Å². The van der Waals surface area contributed by atoms with Crippen LogP contribution in [-0.4, -0.2) is 54.5 Å². The highest BCUT2D eigenvalue weighted by atomic mass is 19.4. The van der Waals surface area contributed by atoms with Crippen LogP contribution in [-0.2, 0) is 11.0 Å². The van der Waals surface area contributed by atoms with Crippen LogP contribution in [0.1, 0.15) is 48.7 Å². The first-order chi connectivity index (χ1) is 19.9. The molecule has 42 heavy (non-hydrogen) atoms. The number of hydrogen-bond acceptors (Lipinski definition) is 8. The van der Waals surface area contributed by atoms with E-state index >= 15 is 0 Å². The SMILES string of the molecule is CC(C)(C#N)C(=O)N1CCCC(n2nc(-c3ccc(C(=O)Nc4cc(C(F)(F)F)ccn4)cc3)c3c(N)ncnc32)C1. The lowest BCUT2D eigenvalue weighted by Gasteiger charge is -2.35. The summed E-state index contributed by atoms with van der Waals surface area (Å²) in [4.78, 5) is 39.7. The summed E-state index contributed by atoms with van der Waals surface area (Å²) in [5.41, 5.74) is 5.89. The molecule has 0 saturated carbocycles. The highest BCUT2D eigenvalue weighted by molar-refractivity contribution is 6.04. The van der Waals surface area contributed by atoms with Crippen LogP contribution >= 0.6 is 0 Å². The number of benzene rings is 1. The Labute approximate surface area is 238 Å². The topological polar surface area (TPSA) is 156 Å². The standard InChI is InChI=1S/C28H26F3N9O2/c1-27(2,14-32)26(42)39-11-3-4-19(13-39)40-24-21(23(33)35-15-36-24)22(38-40)16-5-7-17(8-6-16)25(41)37-20-12-18(9-10-34-20)28(29,30)31/h5-10,12,15,19H,3-4,11,13H2,1-2H3,(H2,33,35,36)(H,34,37,41). The van der Waals surface area contributed by atoms with E-state index in [2.05, 4.69) is 26.3 Å². The number of halogens is 3. The Morgan fingerprint density at radius 2 is 1.86 bits per heavy atom. The molecular formula is C28H26F3N9O2. The van der Waals surface area contributed by atoms with Crippen molar-refractivity contribution < 1.29 is 22.8 Å². The van der Waals surface area contributed by atoms with Gasteiger partial charge >= 0.3 is 6.18 Å². The molecule has 14 heteroatoms. The van der Waals surface area contributed by atoms with Crippen LogP contribution in [0.2, 0.25) is 0 Å². The Balaban J connectivity index is 1.42. The van der Waals surface area contributed by atoms with E-state index in [0.29, 0.717) is 41.8 Å². The summed E-state index contributed by atoms with van der Waals surface area (Å²) in [5.74, 6) is -0.923. The van der Waals surface area contributed by atoms with Crippen LogP contribution in [0.15, 0.2) is 48.9 Å². The van der Waals surface area contributed by atoms with Gasteiger partial charge in [0, 0.05) is 30.4 Å². The van der Waals surface area contributed by atoms with Crippen molar-refractivity contribution >= 4 is 34.5 Å². The van der Waals surface area contributed by atoms with Crippen LogP contribution in [0.5, 0.6) is 0 Å². The molecule has 5 rings (SSSR count). The number of nitriles is 1. The Bertz CT molecular complexity index is 1710. The quantitative estimate of drug-likeness (QED) is 0.352. The average molecular weight is 578 g/mol. The van der Waals surface area contributed by atoms with Crippen LogP contribution in [0.3, 0.4) is 0 Å². The third-order valence-corrected chi connectivity index (χ3v) is 7.11. The summed E-state index contributed by atoms with van der Waals surface area (Å²) in [6.45, 7) is 4.05. The number of anilines is 2. The molecule has 4 heterocycles. The smallest absolute Gasteiger partial charge is 0.383 e. The number of nitrogens with zero attached hydrogens (tertiary/aromatic N) is 7. The minimum Gasteiger partial charge on any atom is -0.383 e. The number of rotatable bonds is 5. The Kier molecular flexibility index (Phi) is 7.27. The predicted molar refractivity (Wildman–Crippen MR) is 147 cm³/mol. The maximum Gasteiger partial charge on any atom is 0.416 e. The molecule has 3 aromatic heterocycles. The second-order valence-electron chi connectivity index (χ2n) is 10.5. The van der Waals surface area contributed by atoms with Crippen LogP contribution in [0, 0.1) is 16.7 Å². The van der Waals surface area contributed by atoms with Crippen molar-refractivity contribution in [2.24, 2.45) is 5.41 Å². The first-order valence-corrected chi connectivity index (χ1v) is 13.0. The zero-order valence-corrected chi connectivity index (χ0v) is 22.7. The lowest BCUT2D eigenvalue weighted by molar-refractivity contribution is -0.139. The van der Waals surface area contributed by atoms with E-state index in [1.54, 1.807) is 35.6 Å². The van der Waals surface area contributed by atoms with Crippen LogP contribution in [0.4, 0.5) is 24.8 Å². The number of carbonyl (C=O) groups is 2. The Hall–Kier alpha value is -5.06. The highest BCUT2D eigenvalue weighted by Crippen LogP contribution is 2.35. The normalized spacial score (nSPS) is 15.8. The monoisotopic (exact) mass is 577 g/mol. The third kappa shape index (κ3) is 5.45. The molecule has 1 aliphatic rings. The fourth-order valence-corrected chi connectivity index (χ4v) is 4.88. The van der Waals surface area contributed by atoms with Crippen molar-refractivity contribution in [2.45, 2.75) is 38.9 Å². The van der Waals surface area contributed by atoms with Gasteiger partial charge in [-0.15, -0.1) is 0 Å². The van der Waals surface area contributed by atoms with Crippen molar-refractivity contribution in [2.75, 3.05) is 24.1 Å². The number of carbonyl (C=O) groups excluding carboxylic acids is 2. The average Bonchev–Trinajstić information content (AvgIpc) is 3.37. The van der Waals surface area contributed by atoms with Gasteiger partial charge in [0.15, 0.2) is 5.65 Å². The van der Waals surface area contributed by atoms with Gasteiger partial charge in [0.2, 0.25) is 5.91 Å². The molecule has 216 valence electrons. The molecule has 4 aromatic rings. The minimum atomic E-state index is -4.57. The second kappa shape index (κ2) is 10.7. The van der Waals surface area contributed by atoms with Gasteiger partial charge in [-0.3, -0.25) is 9.59 Å². The molecule has 1 saturated heterocycles. The summed E-state index contributed by atoms with van der Waals surface area (Å²) in [7, 11) is 0. The number of nitrogens with one attached hydrogen (secondary N) is 1. The molecule has 2 amide bonds. The molecule has 0 aliphatic carbocycles. The molecule has 0 radical (unpaired) electrons. The summed E-state index contributed by atoms with van der Waals surface area (Å²) < 4.78 is 40.8. The lowest BCUT2D eigenvalue weighted by atomic mass is 9.92. The van der Waals surface area contributed by atoms with Gasteiger partial charge < -0.3 is 16.0 Å². The maximum atomic E-state index is 13.0. The maximum absolute atomic E-state index is 13.0. The molecule has 0 bridgehead atoms. The first-order valence-electron chi connectivity index (χ1n) is 13.0. The van der Waals surface area contributed by atoms with Gasteiger partial charge in [-0.1, -0.05) is 12.1 Å². The number of nitrogen functional groups attached to an aromatic ring is 1. The number of fused-ring (bicyclic) bond motifs is 1. The summed E-state index contributed by atoms with van der Waals surface area (Å²) in [6.07, 6.45) is -0.833. The largest absolute Gasteiger partial charge is 0.416 e. The molecule has 1 atom stereocenters. The van der Waals surface area contributed by atoms with E-state index in [4.69, 9.17) is 10.8 Å². The van der Waals surface area contributed by atoms with Gasteiger partial charge in [0.25, 0.3) is 5.91 Å². The number of likely N-dealkylation sites (tertiary alicyclic amines) is 1. The summed E-state index contributed by atoms with van der Waals surface area (Å²) >= 11 is 0. The fourth-order valence-electron chi connectivity index (χ4n) is 4.88. The first kappa shape index (κ1) is 28.5. The molecule has 1 unspecified atom stereocenters. The number of piperidine rings is 1. The molecule has 1 fully saturated rings. The highest BCUT2D eigenvalue weighted by Gasteiger charge is 2.36. The van der Waals surface area contributed by atoms with E-state index in [-0.39, 0.29) is 29.1 Å². The van der Waals surface area contributed by atoms with Gasteiger partial charge in [-0.25, -0.2) is 19.6 Å². The summed E-state index contributed by atoms with van der Waals surface area (Å²) in [5, 5.41) is 17.1. The number of alkyl halides is 3. The second-order valence-corrected chi connectivity index (χ2v) is 10.5. The Morgan fingerprint density at radius 1 is 1.12 bits per heavy atom. The minimum absolute atomic E-state index is 0.187. The zero-order chi connectivity index (χ0) is 30.2. The molecular weight excluding hydrogens is 551 g/mol. The van der Waals surface area contributed by atoms with Crippen LogP contribution in [0.25, 0.3) is 22.3 Å². The molecule has 0 spiro atoms. The number of pyridine rings is 1. The molecule has 3 N–H and O–H groups in total. The lowest BCUT2D eigenvalue weighted by Crippen LogP contribution is -2.46. The predicted octanol–water partition coefficient (Wildman–Crippen LogP) is 4.45. The summed E-state index contributed by atoms with van der Waals surface area (Å²) in [6, 6.07) is 9.70. The zero-order valence-electron chi connectivity index (χ0n) is 22.7. The van der Waals surface area contributed by atoms with E-state index in [9.17, 15) is 28.0 Å². The van der Waals surface area contributed by atoms with E-state index in [0.717, 1.165) is 24.8 Å². The van der Waals surface area contributed by atoms with Gasteiger partial charge in [0.1, 0.15) is 29.1 Å². The number of aromatic nitrogens is 5. The fraction of sp³-hybridized carbons (Fsp3) is 0.321. The Morgan fingerprint density at radius 3 is 2.55 bits per heavy atom. The van der Waals surface area contributed by atoms with Crippen molar-refractivity contribution in [1.29, 1.82) is 5.26 Å². The van der Waals surface area contributed by atoms with Gasteiger partial charge in [-0.2, -0.15) is 23.5 Å². The molecule has 1 aliphatic heterocycles. The van der Waals surface area contributed by atoms with Crippen LogP contribution < -0.4 is 11.1 Å². The third-order valence-electron chi connectivity index (χ3n) is 7.11. The number of nitrogens with two attached hydrogens (primary N) is 1. The number of hydrogen-bond donors (Lipinski definition) is 2. The van der Waals surface area contributed by atoms with Gasteiger partial charge in [-0.05, 0) is 51.0 Å². The van der Waals surface area contributed by atoms with E-state index in [1.165, 1.54) is 18.5 Å². The van der Waals surface area contributed by atoms with Crippen molar-refractivity contribution in [3.8, 4) is 17.3 Å². The van der Waals surface area contributed by atoms with Crippen molar-refractivity contribution in [3.05, 3.63) is 60.0 Å². The van der Waals surface area contributed by atoms with Crippen molar-refractivity contribution in [1.82, 2.24) is 29.6 Å². The van der Waals surface area contributed by atoms with Gasteiger partial charge in [0.05, 0.1) is 23.1 Å². The molecule has 11 nitrogen and oxygen atoms in total. The van der Waals surface area contributed by atoms with E-state index < -0.39 is 23.1 Å². The number of amides is 2. The molecule has 1 aromatic carbocycles. The van der Waals surface area contributed by atoms with Crippen molar-refractivity contribution in [3.63, 3.8) is 0 Å².